The number of carbonyl (C=O) groups excluding carboxylic acids is 1. The molecule has 0 saturated heterocycles. The van der Waals surface area contributed by atoms with Crippen molar-refractivity contribution in [3.8, 4) is 0 Å². The Morgan fingerprint density at radius 1 is 1.21 bits per heavy atom. The van der Waals surface area contributed by atoms with E-state index in [-0.39, 0.29) is 34.5 Å². The fraction of sp³-hybridized carbons (Fsp3) is 0.417. The molecular formula is C12H19ClN2O3S. The first-order valence-corrected chi connectivity index (χ1v) is 7.42. The summed E-state index contributed by atoms with van der Waals surface area (Å²) in [5, 5.41) is 5.57. The maximum absolute atomic E-state index is 11.9. The Labute approximate surface area is 120 Å². The quantitative estimate of drug-likeness (QED) is 0.764. The van der Waals surface area contributed by atoms with Crippen molar-refractivity contribution in [3.63, 3.8) is 0 Å². The maximum Gasteiger partial charge on any atom is 0.252 e. The summed E-state index contributed by atoms with van der Waals surface area (Å²) in [6.45, 7) is 2.65. The van der Waals surface area contributed by atoms with Crippen molar-refractivity contribution in [2.24, 2.45) is 0 Å². The molecule has 1 aromatic carbocycles. The topological polar surface area (TPSA) is 75.3 Å². The van der Waals surface area contributed by atoms with E-state index in [1.165, 1.54) is 12.1 Å². The lowest BCUT2D eigenvalue weighted by Crippen LogP contribution is -2.31. The minimum absolute atomic E-state index is 0. The summed E-state index contributed by atoms with van der Waals surface area (Å²) in [6, 6.07) is 6.26. The predicted octanol–water partition coefficient (Wildman–Crippen LogP) is 0.851. The molecule has 1 aromatic rings. The molecule has 1 amide bonds. The monoisotopic (exact) mass is 306 g/mol. The fourth-order valence-corrected chi connectivity index (χ4v) is 2.57. The zero-order chi connectivity index (χ0) is 13.6. The van der Waals surface area contributed by atoms with E-state index in [1.807, 2.05) is 0 Å². The highest BCUT2D eigenvalue weighted by molar-refractivity contribution is 7.91. The smallest absolute Gasteiger partial charge is 0.252 e. The summed E-state index contributed by atoms with van der Waals surface area (Å²) in [5.74, 6) is -0.383. The van der Waals surface area contributed by atoms with Crippen molar-refractivity contribution in [1.82, 2.24) is 10.6 Å². The molecule has 0 aliphatic heterocycles. The summed E-state index contributed by atoms with van der Waals surface area (Å²) < 4.78 is 23.7. The van der Waals surface area contributed by atoms with E-state index in [2.05, 4.69) is 10.6 Å². The SMILES string of the molecule is CCS(=O)(=O)c1ccccc1C(=O)NCCNC.Cl. The highest BCUT2D eigenvalue weighted by Gasteiger charge is 2.19. The average molecular weight is 307 g/mol. The number of carbonyl (C=O) groups is 1. The lowest BCUT2D eigenvalue weighted by atomic mass is 10.2. The second-order valence-corrected chi connectivity index (χ2v) is 6.01. The number of hydrogen-bond donors (Lipinski definition) is 2. The molecule has 0 atom stereocenters. The van der Waals surface area contributed by atoms with Crippen LogP contribution in [0.5, 0.6) is 0 Å². The predicted molar refractivity (Wildman–Crippen MR) is 77.7 cm³/mol. The van der Waals surface area contributed by atoms with Crippen LogP contribution in [0.3, 0.4) is 0 Å². The zero-order valence-electron chi connectivity index (χ0n) is 11.0. The number of rotatable bonds is 6. The molecule has 1 rings (SSSR count). The van der Waals surface area contributed by atoms with E-state index < -0.39 is 9.84 Å². The van der Waals surface area contributed by atoms with Crippen LogP contribution >= 0.6 is 12.4 Å². The van der Waals surface area contributed by atoms with Gasteiger partial charge in [-0.05, 0) is 19.2 Å². The molecule has 0 spiro atoms. The Bertz CT molecular complexity index is 517. The van der Waals surface area contributed by atoms with Crippen molar-refractivity contribution >= 4 is 28.2 Å². The van der Waals surface area contributed by atoms with Crippen molar-refractivity contribution in [2.75, 3.05) is 25.9 Å². The van der Waals surface area contributed by atoms with Gasteiger partial charge in [-0.3, -0.25) is 4.79 Å². The van der Waals surface area contributed by atoms with Crippen LogP contribution in [-0.4, -0.2) is 40.2 Å². The van der Waals surface area contributed by atoms with Gasteiger partial charge in [-0.1, -0.05) is 19.1 Å². The lowest BCUT2D eigenvalue weighted by Gasteiger charge is -2.09. The van der Waals surface area contributed by atoms with Crippen LogP contribution in [0.2, 0.25) is 0 Å². The molecule has 19 heavy (non-hydrogen) atoms. The Morgan fingerprint density at radius 3 is 2.42 bits per heavy atom. The molecule has 0 aliphatic carbocycles. The van der Waals surface area contributed by atoms with Gasteiger partial charge in [0.2, 0.25) is 0 Å². The van der Waals surface area contributed by atoms with Gasteiger partial charge in [0.15, 0.2) is 9.84 Å². The first-order valence-electron chi connectivity index (χ1n) is 5.77. The van der Waals surface area contributed by atoms with Crippen LogP contribution in [0.4, 0.5) is 0 Å². The molecular weight excluding hydrogens is 288 g/mol. The lowest BCUT2D eigenvalue weighted by molar-refractivity contribution is 0.0951. The summed E-state index contributed by atoms with van der Waals surface area (Å²) >= 11 is 0. The second kappa shape index (κ2) is 8.14. The fourth-order valence-electron chi connectivity index (χ4n) is 1.48. The molecule has 0 radical (unpaired) electrons. The van der Waals surface area contributed by atoms with E-state index in [1.54, 1.807) is 26.1 Å². The largest absolute Gasteiger partial charge is 0.351 e. The van der Waals surface area contributed by atoms with E-state index in [0.717, 1.165) is 0 Å². The van der Waals surface area contributed by atoms with Gasteiger partial charge in [0.1, 0.15) is 0 Å². The van der Waals surface area contributed by atoms with Gasteiger partial charge in [0, 0.05) is 13.1 Å². The molecule has 2 N–H and O–H groups in total. The number of nitrogens with one attached hydrogen (secondary N) is 2. The van der Waals surface area contributed by atoms with Gasteiger partial charge >= 0.3 is 0 Å². The number of likely N-dealkylation sites (N-methyl/N-ethyl adjacent to an activating group) is 1. The van der Waals surface area contributed by atoms with E-state index >= 15 is 0 Å². The molecule has 0 heterocycles. The Kier molecular flexibility index (Phi) is 7.66. The number of benzene rings is 1. The molecule has 0 bridgehead atoms. The highest BCUT2D eigenvalue weighted by atomic mass is 35.5. The van der Waals surface area contributed by atoms with E-state index in [4.69, 9.17) is 0 Å². The van der Waals surface area contributed by atoms with Crippen LogP contribution in [0.15, 0.2) is 29.2 Å². The summed E-state index contributed by atoms with van der Waals surface area (Å²) in [5.41, 5.74) is 0.204. The van der Waals surface area contributed by atoms with Crippen molar-refractivity contribution in [1.29, 1.82) is 0 Å². The van der Waals surface area contributed by atoms with Crippen molar-refractivity contribution in [2.45, 2.75) is 11.8 Å². The Balaban J connectivity index is 0.00000324. The summed E-state index contributed by atoms with van der Waals surface area (Å²) in [4.78, 5) is 12.0. The number of amides is 1. The van der Waals surface area contributed by atoms with E-state index in [9.17, 15) is 13.2 Å². The molecule has 0 saturated carbocycles. The van der Waals surface area contributed by atoms with Gasteiger partial charge in [0.25, 0.3) is 5.91 Å². The van der Waals surface area contributed by atoms with Gasteiger partial charge in [-0.25, -0.2) is 8.42 Å². The minimum atomic E-state index is -3.38. The van der Waals surface area contributed by atoms with Crippen molar-refractivity contribution in [3.05, 3.63) is 29.8 Å². The molecule has 0 aliphatic rings. The molecule has 0 fully saturated rings. The number of sulfone groups is 1. The summed E-state index contributed by atoms with van der Waals surface area (Å²) in [7, 11) is -1.60. The average Bonchev–Trinajstić information content (AvgIpc) is 2.39. The standard InChI is InChI=1S/C12H18N2O3S.ClH/c1-3-18(16,17)11-7-5-4-6-10(11)12(15)14-9-8-13-2;/h4-7,13H,3,8-9H2,1-2H3,(H,14,15);1H. The Morgan fingerprint density at radius 2 is 1.84 bits per heavy atom. The van der Waals surface area contributed by atoms with Crippen molar-refractivity contribution < 1.29 is 13.2 Å². The van der Waals surface area contributed by atoms with E-state index in [0.29, 0.717) is 13.1 Å². The molecule has 0 unspecified atom stereocenters. The van der Waals surface area contributed by atoms with Crippen LogP contribution in [0, 0.1) is 0 Å². The summed E-state index contributed by atoms with van der Waals surface area (Å²) in [6.07, 6.45) is 0. The van der Waals surface area contributed by atoms with Gasteiger partial charge in [-0.2, -0.15) is 0 Å². The van der Waals surface area contributed by atoms with Crippen LogP contribution in [0.1, 0.15) is 17.3 Å². The molecule has 7 heteroatoms. The number of halogens is 1. The first kappa shape index (κ1) is 17.9. The molecule has 108 valence electrons. The Hall–Kier alpha value is -1.11. The minimum Gasteiger partial charge on any atom is -0.351 e. The third-order valence-electron chi connectivity index (χ3n) is 2.51. The van der Waals surface area contributed by atoms with Gasteiger partial charge < -0.3 is 10.6 Å². The van der Waals surface area contributed by atoms with Gasteiger partial charge in [-0.15, -0.1) is 12.4 Å². The van der Waals surface area contributed by atoms with Gasteiger partial charge in [0.05, 0.1) is 16.2 Å². The maximum atomic E-state index is 11.9. The number of hydrogen-bond acceptors (Lipinski definition) is 4. The zero-order valence-corrected chi connectivity index (χ0v) is 12.6. The molecule has 5 nitrogen and oxygen atoms in total. The normalized spacial score (nSPS) is 10.6. The van der Waals surface area contributed by atoms with Crippen LogP contribution in [-0.2, 0) is 9.84 Å². The second-order valence-electron chi connectivity index (χ2n) is 3.76. The third-order valence-corrected chi connectivity index (χ3v) is 4.29. The van der Waals surface area contributed by atoms with Crippen LogP contribution < -0.4 is 10.6 Å². The highest BCUT2D eigenvalue weighted by Crippen LogP contribution is 2.16. The van der Waals surface area contributed by atoms with Crippen LogP contribution in [0.25, 0.3) is 0 Å². The first-order chi connectivity index (χ1) is 8.53. The third kappa shape index (κ3) is 4.81. The molecule has 0 aromatic heterocycles.